The number of ether oxygens (including phenoxy) is 4. The number of phosphoric ester groups is 2. The maximum atomic E-state index is 13.0. The third-order valence-electron chi connectivity index (χ3n) is 15.7. The van der Waals surface area contributed by atoms with Crippen molar-refractivity contribution in [3.63, 3.8) is 0 Å². The fourth-order valence-electron chi connectivity index (χ4n) is 10.2. The molecule has 516 valence electrons. The Morgan fingerprint density at radius 1 is 0.310 bits per heavy atom. The lowest BCUT2D eigenvalue weighted by Gasteiger charge is -2.21. The van der Waals surface area contributed by atoms with Crippen LogP contribution in [0.1, 0.15) is 343 Å². The van der Waals surface area contributed by atoms with Crippen molar-refractivity contribution in [1.82, 2.24) is 0 Å². The van der Waals surface area contributed by atoms with Crippen LogP contribution in [-0.4, -0.2) is 96.7 Å². The topological polar surface area (TPSA) is 237 Å². The van der Waals surface area contributed by atoms with E-state index in [4.69, 9.17) is 37.0 Å². The molecule has 0 bridgehead atoms. The molecule has 0 fully saturated rings. The van der Waals surface area contributed by atoms with Crippen LogP contribution in [0.5, 0.6) is 0 Å². The first-order valence-corrected chi connectivity index (χ1v) is 38.5. The van der Waals surface area contributed by atoms with Gasteiger partial charge in [-0.25, -0.2) is 9.13 Å². The largest absolute Gasteiger partial charge is 0.472 e. The Morgan fingerprint density at radius 2 is 0.529 bits per heavy atom. The molecular formula is C68H132O17P2. The van der Waals surface area contributed by atoms with Crippen LogP contribution in [0.15, 0.2) is 0 Å². The van der Waals surface area contributed by atoms with Gasteiger partial charge in [-0.3, -0.25) is 37.3 Å². The molecule has 0 aromatic carbocycles. The fraction of sp³-hybridized carbons (Fsp3) is 0.941. The molecule has 2 unspecified atom stereocenters. The van der Waals surface area contributed by atoms with Crippen molar-refractivity contribution in [2.24, 2.45) is 11.8 Å². The molecule has 3 N–H and O–H groups in total. The molecule has 87 heavy (non-hydrogen) atoms. The van der Waals surface area contributed by atoms with Crippen LogP contribution in [0, 0.1) is 11.8 Å². The lowest BCUT2D eigenvalue weighted by Crippen LogP contribution is -2.30. The normalized spacial score (nSPS) is 14.2. The standard InChI is InChI=1S/C68H132O17P2/c1-7-9-11-13-15-17-18-19-20-21-22-23-24-29-33-40-46-52-67(72)84-63(56-79-66(71)51-45-39-32-28-26-25-27-30-36-42-48-60(3)4)58-82-86(74,75)80-54-62(69)55-81-87(76,77)83-59-64(57-78-65(70)50-44-38-31-16-14-12-10-8-2)85-68(73)53-47-41-35-34-37-43-49-61(5)6/h60-64,69H,7-59H2,1-6H3,(H,74,75)(H,76,77)/t62-,63-,64-/m1/s1. The van der Waals surface area contributed by atoms with E-state index >= 15 is 0 Å². The predicted octanol–water partition coefficient (Wildman–Crippen LogP) is 19.2. The Balaban J connectivity index is 5.20. The van der Waals surface area contributed by atoms with E-state index in [-0.39, 0.29) is 25.7 Å². The second-order valence-corrected chi connectivity index (χ2v) is 28.4. The van der Waals surface area contributed by atoms with E-state index in [1.54, 1.807) is 0 Å². The number of esters is 4. The predicted molar refractivity (Wildman–Crippen MR) is 349 cm³/mol. The highest BCUT2D eigenvalue weighted by Gasteiger charge is 2.30. The molecule has 0 amide bonds. The smallest absolute Gasteiger partial charge is 0.462 e. The van der Waals surface area contributed by atoms with Gasteiger partial charge in [-0.2, -0.15) is 0 Å². The van der Waals surface area contributed by atoms with Gasteiger partial charge in [-0.15, -0.1) is 0 Å². The van der Waals surface area contributed by atoms with Crippen LogP contribution in [0.2, 0.25) is 0 Å². The van der Waals surface area contributed by atoms with Crippen molar-refractivity contribution < 1.29 is 80.2 Å². The first-order chi connectivity index (χ1) is 41.9. The van der Waals surface area contributed by atoms with E-state index in [0.29, 0.717) is 31.6 Å². The third kappa shape index (κ3) is 62.6. The molecule has 0 radical (unpaired) electrons. The first kappa shape index (κ1) is 85.1. The zero-order valence-corrected chi connectivity index (χ0v) is 58.1. The summed E-state index contributed by atoms with van der Waals surface area (Å²) in [5, 5.41) is 10.6. The van der Waals surface area contributed by atoms with Gasteiger partial charge in [0.1, 0.15) is 19.3 Å². The van der Waals surface area contributed by atoms with Crippen molar-refractivity contribution >= 4 is 39.5 Å². The number of aliphatic hydroxyl groups excluding tert-OH is 1. The van der Waals surface area contributed by atoms with Gasteiger partial charge in [0.2, 0.25) is 0 Å². The average Bonchev–Trinajstić information content (AvgIpc) is 3.70. The Kier molecular flexibility index (Phi) is 59.0. The van der Waals surface area contributed by atoms with Crippen LogP contribution in [0.25, 0.3) is 0 Å². The van der Waals surface area contributed by atoms with E-state index in [1.807, 2.05) is 0 Å². The molecule has 0 spiro atoms. The van der Waals surface area contributed by atoms with E-state index < -0.39 is 97.5 Å². The molecule has 0 rings (SSSR count). The van der Waals surface area contributed by atoms with Crippen LogP contribution in [-0.2, 0) is 65.4 Å². The second kappa shape index (κ2) is 60.3. The lowest BCUT2D eigenvalue weighted by molar-refractivity contribution is -0.161. The molecule has 0 saturated carbocycles. The Hall–Kier alpha value is -1.94. The average molecular weight is 1280 g/mol. The summed E-state index contributed by atoms with van der Waals surface area (Å²) in [7, 11) is -9.89. The molecule has 0 aliphatic rings. The monoisotopic (exact) mass is 1280 g/mol. The van der Waals surface area contributed by atoms with Crippen molar-refractivity contribution in [2.45, 2.75) is 362 Å². The Morgan fingerprint density at radius 3 is 0.782 bits per heavy atom. The van der Waals surface area contributed by atoms with Crippen molar-refractivity contribution in [3.05, 3.63) is 0 Å². The highest BCUT2D eigenvalue weighted by molar-refractivity contribution is 7.47. The minimum atomic E-state index is -4.95. The molecule has 0 heterocycles. The van der Waals surface area contributed by atoms with Crippen LogP contribution in [0.4, 0.5) is 0 Å². The zero-order chi connectivity index (χ0) is 64.3. The molecular weight excluding hydrogens is 1150 g/mol. The SMILES string of the molecule is CCCCCCCCCCCCCCCCCCCC(=O)O[C@H](COC(=O)CCCCCCCCCCCCC(C)C)COP(=O)(O)OC[C@@H](O)COP(=O)(O)OC[C@@H](COC(=O)CCCCCCCCCC)OC(=O)CCCCCCCCC(C)C. The summed E-state index contributed by atoms with van der Waals surface area (Å²) in [6.45, 7) is 9.41. The summed E-state index contributed by atoms with van der Waals surface area (Å²) < 4.78 is 68.1. The summed E-state index contributed by atoms with van der Waals surface area (Å²) >= 11 is 0. The zero-order valence-electron chi connectivity index (χ0n) is 56.3. The van der Waals surface area contributed by atoms with Crippen molar-refractivity contribution in [2.75, 3.05) is 39.6 Å². The highest BCUT2D eigenvalue weighted by atomic mass is 31.2. The number of carbonyl (C=O) groups excluding carboxylic acids is 4. The number of carbonyl (C=O) groups is 4. The van der Waals surface area contributed by atoms with E-state index in [0.717, 1.165) is 102 Å². The summed E-state index contributed by atoms with van der Waals surface area (Å²) in [4.78, 5) is 72.3. The minimum absolute atomic E-state index is 0.102. The summed E-state index contributed by atoms with van der Waals surface area (Å²) in [6, 6.07) is 0. The minimum Gasteiger partial charge on any atom is -0.462 e. The quantitative estimate of drug-likeness (QED) is 0.0222. The van der Waals surface area contributed by atoms with Gasteiger partial charge in [0, 0.05) is 25.7 Å². The van der Waals surface area contributed by atoms with Gasteiger partial charge in [0.15, 0.2) is 12.2 Å². The molecule has 5 atom stereocenters. The Bertz CT molecular complexity index is 1700. The van der Waals surface area contributed by atoms with Gasteiger partial charge in [0.25, 0.3) is 0 Å². The van der Waals surface area contributed by atoms with E-state index in [1.165, 1.54) is 154 Å². The summed E-state index contributed by atoms with van der Waals surface area (Å²) in [5.41, 5.74) is 0. The fourth-order valence-corrected chi connectivity index (χ4v) is 11.8. The number of hydrogen-bond acceptors (Lipinski definition) is 15. The van der Waals surface area contributed by atoms with Gasteiger partial charge in [-0.05, 0) is 37.5 Å². The van der Waals surface area contributed by atoms with Gasteiger partial charge in [0.05, 0.1) is 26.4 Å². The number of hydrogen-bond donors (Lipinski definition) is 3. The lowest BCUT2D eigenvalue weighted by atomic mass is 10.0. The van der Waals surface area contributed by atoms with Crippen molar-refractivity contribution in [3.8, 4) is 0 Å². The van der Waals surface area contributed by atoms with Gasteiger partial charge in [-0.1, -0.05) is 292 Å². The molecule has 19 heteroatoms. The van der Waals surface area contributed by atoms with Gasteiger partial charge < -0.3 is 33.8 Å². The van der Waals surface area contributed by atoms with Crippen molar-refractivity contribution in [1.29, 1.82) is 0 Å². The van der Waals surface area contributed by atoms with Crippen LogP contribution < -0.4 is 0 Å². The number of phosphoric acid groups is 2. The maximum Gasteiger partial charge on any atom is 0.472 e. The molecule has 0 aliphatic carbocycles. The molecule has 0 saturated heterocycles. The molecule has 0 aromatic rings. The third-order valence-corrected chi connectivity index (χ3v) is 17.6. The van der Waals surface area contributed by atoms with E-state index in [2.05, 4.69) is 41.5 Å². The van der Waals surface area contributed by atoms with Crippen LogP contribution >= 0.6 is 15.6 Å². The van der Waals surface area contributed by atoms with E-state index in [9.17, 15) is 43.2 Å². The maximum absolute atomic E-state index is 13.0. The summed E-state index contributed by atoms with van der Waals surface area (Å²) in [6.07, 6.45) is 44.7. The second-order valence-electron chi connectivity index (χ2n) is 25.5. The number of unbranched alkanes of at least 4 members (excludes halogenated alkanes) is 37. The molecule has 0 aromatic heterocycles. The number of rotatable bonds is 67. The summed E-state index contributed by atoms with van der Waals surface area (Å²) in [5.74, 6) is -0.705. The number of aliphatic hydroxyl groups is 1. The molecule has 17 nitrogen and oxygen atoms in total. The first-order valence-electron chi connectivity index (χ1n) is 35.5. The van der Waals surface area contributed by atoms with Crippen LogP contribution in [0.3, 0.4) is 0 Å². The highest BCUT2D eigenvalue weighted by Crippen LogP contribution is 2.45. The van der Waals surface area contributed by atoms with Gasteiger partial charge >= 0.3 is 39.5 Å². The Labute approximate surface area is 530 Å². The molecule has 0 aliphatic heterocycles.